The molecule has 0 bridgehead atoms. The molecule has 112 valence electrons. The lowest BCUT2D eigenvalue weighted by atomic mass is 10.3. The normalized spacial score (nSPS) is 12.1. The van der Waals surface area contributed by atoms with Gasteiger partial charge in [0, 0.05) is 19.3 Å². The van der Waals surface area contributed by atoms with E-state index in [1.165, 1.54) is 11.8 Å². The maximum Gasteiger partial charge on any atom is 0.235 e. The Morgan fingerprint density at radius 3 is 2.76 bits per heavy atom. The van der Waals surface area contributed by atoms with Crippen LogP contribution in [0.15, 0.2) is 29.6 Å². The number of nitrogens with one attached hydrogen (secondary N) is 1. The lowest BCUT2D eigenvalue weighted by Gasteiger charge is -2.21. The lowest BCUT2D eigenvalue weighted by molar-refractivity contribution is -0.129. The van der Waals surface area contributed by atoms with Crippen LogP contribution in [0, 0.1) is 0 Å². The van der Waals surface area contributed by atoms with Crippen molar-refractivity contribution in [1.82, 2.24) is 25.1 Å². The van der Waals surface area contributed by atoms with E-state index in [9.17, 15) is 4.79 Å². The lowest BCUT2D eigenvalue weighted by Crippen LogP contribution is -2.36. The van der Waals surface area contributed by atoms with Crippen molar-refractivity contribution in [3.8, 4) is 11.5 Å². The first kappa shape index (κ1) is 15.5. The van der Waals surface area contributed by atoms with E-state index in [1.807, 2.05) is 43.9 Å². The molecular formula is C14H19N5OS. The van der Waals surface area contributed by atoms with Crippen LogP contribution in [-0.4, -0.2) is 49.3 Å². The average molecular weight is 305 g/mol. The molecule has 0 aliphatic heterocycles. The highest BCUT2D eigenvalue weighted by molar-refractivity contribution is 8.00. The molecule has 1 amide bonds. The Morgan fingerprint density at radius 2 is 2.14 bits per heavy atom. The Labute approximate surface area is 128 Å². The summed E-state index contributed by atoms with van der Waals surface area (Å²) in [5.41, 5.74) is 0.736. The van der Waals surface area contributed by atoms with Crippen molar-refractivity contribution in [1.29, 1.82) is 0 Å². The van der Waals surface area contributed by atoms with Gasteiger partial charge in [-0.1, -0.05) is 17.8 Å². The van der Waals surface area contributed by atoms with Gasteiger partial charge in [0.2, 0.25) is 11.1 Å². The molecule has 0 aromatic carbocycles. The van der Waals surface area contributed by atoms with Gasteiger partial charge in [0.05, 0.1) is 5.25 Å². The van der Waals surface area contributed by atoms with Crippen LogP contribution in [0.1, 0.15) is 20.8 Å². The number of rotatable bonds is 6. The minimum atomic E-state index is -0.211. The molecule has 0 radical (unpaired) electrons. The summed E-state index contributed by atoms with van der Waals surface area (Å²) in [7, 11) is 0. The Morgan fingerprint density at radius 1 is 1.38 bits per heavy atom. The number of H-pyrrole nitrogens is 1. The minimum absolute atomic E-state index is 0.106. The number of carbonyl (C=O) groups is 1. The fraction of sp³-hybridized carbons (Fsp3) is 0.429. The second-order valence-corrected chi connectivity index (χ2v) is 5.76. The quantitative estimate of drug-likeness (QED) is 0.828. The number of pyridine rings is 1. The second-order valence-electron chi connectivity index (χ2n) is 4.45. The Kier molecular flexibility index (Phi) is 5.32. The van der Waals surface area contributed by atoms with Crippen molar-refractivity contribution in [2.75, 3.05) is 13.1 Å². The number of carbonyl (C=O) groups excluding carboxylic acids is 1. The van der Waals surface area contributed by atoms with Gasteiger partial charge in [-0.25, -0.2) is 0 Å². The molecule has 6 nitrogen and oxygen atoms in total. The number of hydrogen-bond acceptors (Lipinski definition) is 5. The Balaban J connectivity index is 2.04. The molecule has 1 N–H and O–H groups in total. The number of aromatic amines is 1. The highest BCUT2D eigenvalue weighted by atomic mass is 32.2. The fourth-order valence-corrected chi connectivity index (χ4v) is 2.73. The maximum absolute atomic E-state index is 12.2. The van der Waals surface area contributed by atoms with Gasteiger partial charge in [-0.15, -0.1) is 5.10 Å². The molecule has 2 aromatic rings. The van der Waals surface area contributed by atoms with E-state index in [0.29, 0.717) is 24.1 Å². The summed E-state index contributed by atoms with van der Waals surface area (Å²) < 4.78 is 0. The van der Waals surface area contributed by atoms with Crippen LogP contribution in [0.5, 0.6) is 0 Å². The minimum Gasteiger partial charge on any atom is -0.342 e. The van der Waals surface area contributed by atoms with E-state index in [4.69, 9.17) is 0 Å². The average Bonchev–Trinajstić information content (AvgIpc) is 2.97. The number of aromatic nitrogens is 4. The van der Waals surface area contributed by atoms with Crippen molar-refractivity contribution in [3.05, 3.63) is 24.4 Å². The van der Waals surface area contributed by atoms with Crippen LogP contribution in [-0.2, 0) is 4.79 Å². The summed E-state index contributed by atoms with van der Waals surface area (Å²) in [6.07, 6.45) is 1.71. The van der Waals surface area contributed by atoms with Crippen LogP contribution in [0.25, 0.3) is 11.5 Å². The molecule has 7 heteroatoms. The topological polar surface area (TPSA) is 74.8 Å². The van der Waals surface area contributed by atoms with E-state index < -0.39 is 0 Å². The van der Waals surface area contributed by atoms with Crippen molar-refractivity contribution in [3.63, 3.8) is 0 Å². The predicted octanol–water partition coefficient (Wildman–Crippen LogP) is 2.22. The van der Waals surface area contributed by atoms with Crippen LogP contribution >= 0.6 is 11.8 Å². The molecule has 2 rings (SSSR count). The molecule has 0 saturated heterocycles. The molecule has 21 heavy (non-hydrogen) atoms. The maximum atomic E-state index is 12.2. The van der Waals surface area contributed by atoms with Crippen molar-refractivity contribution < 1.29 is 4.79 Å². The van der Waals surface area contributed by atoms with E-state index in [-0.39, 0.29) is 11.2 Å². The zero-order valence-electron chi connectivity index (χ0n) is 12.4. The van der Waals surface area contributed by atoms with Gasteiger partial charge < -0.3 is 4.90 Å². The smallest absolute Gasteiger partial charge is 0.235 e. The van der Waals surface area contributed by atoms with Crippen LogP contribution in [0.3, 0.4) is 0 Å². The Bertz CT molecular complexity index is 582. The van der Waals surface area contributed by atoms with Crippen molar-refractivity contribution in [2.45, 2.75) is 31.2 Å². The van der Waals surface area contributed by atoms with Crippen LogP contribution in [0.4, 0.5) is 0 Å². The summed E-state index contributed by atoms with van der Waals surface area (Å²) in [6.45, 7) is 7.26. The number of hydrogen-bond donors (Lipinski definition) is 1. The first-order chi connectivity index (χ1) is 10.2. The third-order valence-electron chi connectivity index (χ3n) is 3.08. The van der Waals surface area contributed by atoms with E-state index in [0.717, 1.165) is 5.69 Å². The SMILES string of the molecule is CCN(CC)C(=O)[C@@H](C)Sc1n[nH]c(-c2ccccn2)n1. The Hall–Kier alpha value is -1.89. The molecule has 2 heterocycles. The zero-order chi connectivity index (χ0) is 15.2. The third-order valence-corrected chi connectivity index (χ3v) is 4.03. The van der Waals surface area contributed by atoms with Gasteiger partial charge in [-0.3, -0.25) is 14.9 Å². The third kappa shape index (κ3) is 3.81. The van der Waals surface area contributed by atoms with Crippen LogP contribution in [0.2, 0.25) is 0 Å². The highest BCUT2D eigenvalue weighted by Gasteiger charge is 2.21. The largest absolute Gasteiger partial charge is 0.342 e. The van der Waals surface area contributed by atoms with Gasteiger partial charge in [-0.05, 0) is 32.9 Å². The van der Waals surface area contributed by atoms with Gasteiger partial charge in [0.25, 0.3) is 0 Å². The molecule has 0 fully saturated rings. The monoisotopic (exact) mass is 305 g/mol. The van der Waals surface area contributed by atoms with Gasteiger partial charge in [0.15, 0.2) is 5.82 Å². The second kappa shape index (κ2) is 7.21. The van der Waals surface area contributed by atoms with E-state index in [2.05, 4.69) is 20.2 Å². The van der Waals surface area contributed by atoms with Crippen LogP contribution < -0.4 is 0 Å². The summed E-state index contributed by atoms with van der Waals surface area (Å²) in [5, 5.41) is 7.34. The van der Waals surface area contributed by atoms with Gasteiger partial charge >= 0.3 is 0 Å². The highest BCUT2D eigenvalue weighted by Crippen LogP contribution is 2.22. The summed E-state index contributed by atoms with van der Waals surface area (Å²) in [6, 6.07) is 5.60. The molecule has 0 aliphatic carbocycles. The first-order valence-electron chi connectivity index (χ1n) is 6.95. The standard InChI is InChI=1S/C14H19N5OS/c1-4-19(5-2)13(20)10(3)21-14-16-12(17-18-14)11-8-6-7-9-15-11/h6-10H,4-5H2,1-3H3,(H,16,17,18)/t10-/m1/s1. The number of nitrogens with zero attached hydrogens (tertiary/aromatic N) is 4. The molecular weight excluding hydrogens is 286 g/mol. The van der Waals surface area contributed by atoms with Gasteiger partial charge in [0.1, 0.15) is 5.69 Å². The summed E-state index contributed by atoms with van der Waals surface area (Å²) >= 11 is 1.35. The molecule has 0 unspecified atom stereocenters. The van der Waals surface area contributed by atoms with Crippen molar-refractivity contribution >= 4 is 17.7 Å². The molecule has 0 aliphatic rings. The predicted molar refractivity (Wildman–Crippen MR) is 82.9 cm³/mol. The zero-order valence-corrected chi connectivity index (χ0v) is 13.2. The van der Waals surface area contributed by atoms with E-state index >= 15 is 0 Å². The number of thioether (sulfide) groups is 1. The summed E-state index contributed by atoms with van der Waals surface area (Å²) in [4.78, 5) is 22.6. The first-order valence-corrected chi connectivity index (χ1v) is 7.82. The fourth-order valence-electron chi connectivity index (χ4n) is 1.92. The molecule has 0 spiro atoms. The van der Waals surface area contributed by atoms with E-state index in [1.54, 1.807) is 6.20 Å². The van der Waals surface area contributed by atoms with Crippen molar-refractivity contribution in [2.24, 2.45) is 0 Å². The molecule has 0 saturated carbocycles. The molecule has 2 aromatic heterocycles. The number of amides is 1. The molecule has 1 atom stereocenters. The summed E-state index contributed by atoms with van der Waals surface area (Å²) in [5.74, 6) is 0.717. The van der Waals surface area contributed by atoms with Gasteiger partial charge in [-0.2, -0.15) is 4.98 Å².